The van der Waals surface area contributed by atoms with E-state index < -0.39 is 17.7 Å². The zero-order chi connectivity index (χ0) is 18.1. The number of hydrogen-bond donors (Lipinski definition) is 2. The molecule has 0 radical (unpaired) electrons. The number of carbonyl (C=O) groups is 1. The van der Waals surface area contributed by atoms with Crippen molar-refractivity contribution in [3.63, 3.8) is 0 Å². The lowest BCUT2D eigenvalue weighted by molar-refractivity contribution is -0.119. The van der Waals surface area contributed by atoms with Crippen LogP contribution >= 0.6 is 0 Å². The number of fused-ring (bicyclic) bond motifs is 1. The number of piperidine rings is 1. The molecular weight excluding hydrogens is 332 g/mol. The van der Waals surface area contributed by atoms with Crippen molar-refractivity contribution >= 4 is 17.7 Å². The minimum Gasteiger partial charge on any atom is -0.342 e. The van der Waals surface area contributed by atoms with Crippen LogP contribution in [-0.2, 0) is 4.79 Å². The number of H-pyrrole nitrogens is 1. The minimum absolute atomic E-state index is 0.236. The minimum atomic E-state index is -1.00. The zero-order valence-electron chi connectivity index (χ0n) is 14.1. The second-order valence-electron chi connectivity index (χ2n) is 6.56. The number of pyridine rings is 1. The van der Waals surface area contributed by atoms with Crippen molar-refractivity contribution in [1.82, 2.24) is 15.0 Å². The molecule has 132 valence electrons. The summed E-state index contributed by atoms with van der Waals surface area (Å²) in [6, 6.07) is 5.51. The fourth-order valence-corrected chi connectivity index (χ4v) is 3.67. The van der Waals surface area contributed by atoms with Crippen LogP contribution in [0.15, 0.2) is 29.3 Å². The fraction of sp³-hybridized carbons (Fsp3) is 0.389. The largest absolute Gasteiger partial charge is 0.342 e. The molecule has 2 atom stereocenters. The van der Waals surface area contributed by atoms with Crippen molar-refractivity contribution < 1.29 is 4.79 Å². The first kappa shape index (κ1) is 16.3. The molecule has 2 aromatic heterocycles. The van der Waals surface area contributed by atoms with Crippen molar-refractivity contribution in [3.05, 3.63) is 46.0 Å². The van der Waals surface area contributed by atoms with Crippen LogP contribution in [0.2, 0.25) is 0 Å². The van der Waals surface area contributed by atoms with Crippen molar-refractivity contribution in [1.29, 1.82) is 5.26 Å². The molecule has 4 heterocycles. The molecule has 1 amide bonds. The molecule has 2 N–H and O–H groups in total. The quantitative estimate of drug-likeness (QED) is 0.845. The molecule has 0 spiro atoms. The molecule has 1 saturated heterocycles. The average Bonchev–Trinajstić information content (AvgIpc) is 2.68. The van der Waals surface area contributed by atoms with E-state index in [1.807, 2.05) is 11.0 Å². The predicted octanol–water partition coefficient (Wildman–Crippen LogP) is 1.38. The van der Waals surface area contributed by atoms with Gasteiger partial charge in [0.25, 0.3) is 5.56 Å². The molecule has 2 aromatic rings. The third-order valence-corrected chi connectivity index (χ3v) is 4.95. The zero-order valence-corrected chi connectivity index (χ0v) is 14.1. The number of aromatic nitrogens is 3. The van der Waals surface area contributed by atoms with E-state index in [1.165, 1.54) is 0 Å². The van der Waals surface area contributed by atoms with Gasteiger partial charge >= 0.3 is 0 Å². The topological polar surface area (TPSA) is 115 Å². The number of rotatable bonds is 2. The number of nitrogens with one attached hydrogen (secondary N) is 2. The van der Waals surface area contributed by atoms with Crippen molar-refractivity contribution in [2.75, 3.05) is 23.3 Å². The average molecular weight is 350 g/mol. The Hall–Kier alpha value is -3.21. The molecule has 2 aliphatic heterocycles. The fourth-order valence-electron chi connectivity index (χ4n) is 3.67. The first-order chi connectivity index (χ1) is 12.7. The monoisotopic (exact) mass is 350 g/mol. The molecule has 0 aromatic carbocycles. The van der Waals surface area contributed by atoms with Gasteiger partial charge in [-0.05, 0) is 30.9 Å². The van der Waals surface area contributed by atoms with Crippen molar-refractivity contribution in [2.45, 2.75) is 25.2 Å². The Kier molecular flexibility index (Phi) is 4.13. The van der Waals surface area contributed by atoms with Crippen molar-refractivity contribution in [2.24, 2.45) is 5.92 Å². The summed E-state index contributed by atoms with van der Waals surface area (Å²) >= 11 is 0. The van der Waals surface area contributed by atoms with E-state index in [0.717, 1.165) is 32.4 Å². The lowest BCUT2D eigenvalue weighted by atomic mass is 9.80. The molecule has 8 heteroatoms. The molecule has 0 aliphatic carbocycles. The van der Waals surface area contributed by atoms with Crippen molar-refractivity contribution in [3.8, 4) is 6.07 Å². The van der Waals surface area contributed by atoms with E-state index in [9.17, 15) is 14.9 Å². The summed E-state index contributed by atoms with van der Waals surface area (Å²) in [6.07, 6.45) is 6.44. The standard InChI is InChI=1S/C18H18N6O2/c19-9-12-13(11-5-4-6-20-10-11)14-15(21-16(12)25)22-18(23-17(14)26)24-7-2-1-3-8-24/h4-6,10,12-13H,1-3,7-8H2,(H2,21,22,23,25,26)/t12-,13-/m0/s1. The van der Waals surface area contributed by atoms with Crippen LogP contribution < -0.4 is 15.8 Å². The molecule has 26 heavy (non-hydrogen) atoms. The van der Waals surface area contributed by atoms with E-state index in [4.69, 9.17) is 0 Å². The van der Waals surface area contributed by atoms with Gasteiger partial charge in [0.1, 0.15) is 11.7 Å². The maximum atomic E-state index is 12.9. The summed E-state index contributed by atoms with van der Waals surface area (Å²) in [5.74, 6) is -1.44. The lowest BCUT2D eigenvalue weighted by Crippen LogP contribution is -2.40. The second-order valence-corrected chi connectivity index (χ2v) is 6.56. The molecule has 0 bridgehead atoms. The first-order valence-electron chi connectivity index (χ1n) is 8.68. The Balaban J connectivity index is 1.84. The van der Waals surface area contributed by atoms with E-state index in [-0.39, 0.29) is 11.4 Å². The third-order valence-electron chi connectivity index (χ3n) is 4.95. The van der Waals surface area contributed by atoms with Crippen LogP contribution in [0, 0.1) is 17.2 Å². The number of anilines is 2. The van der Waals surface area contributed by atoms with Crippen LogP contribution in [0.5, 0.6) is 0 Å². The third kappa shape index (κ3) is 2.71. The number of carbonyl (C=O) groups excluding carboxylic acids is 1. The van der Waals surface area contributed by atoms with Gasteiger partial charge in [0.15, 0.2) is 0 Å². The normalized spacial score (nSPS) is 22.3. The SMILES string of the molecule is N#C[C@@H]1C(=O)Nc2nc(N3CCCCC3)[nH]c(=O)c2[C@H]1c1cccnc1. The van der Waals surface area contributed by atoms with Gasteiger partial charge in [-0.2, -0.15) is 10.2 Å². The summed E-state index contributed by atoms with van der Waals surface area (Å²) in [4.78, 5) is 38.8. The molecule has 8 nitrogen and oxygen atoms in total. The van der Waals surface area contributed by atoms with Crippen LogP contribution in [0.3, 0.4) is 0 Å². The highest BCUT2D eigenvalue weighted by atomic mass is 16.2. The highest BCUT2D eigenvalue weighted by Crippen LogP contribution is 2.37. The maximum Gasteiger partial charge on any atom is 0.258 e. The molecular formula is C18H18N6O2. The summed E-state index contributed by atoms with van der Waals surface area (Å²) in [5, 5.41) is 12.1. The van der Waals surface area contributed by atoms with Crippen LogP contribution in [0.4, 0.5) is 11.8 Å². The highest BCUT2D eigenvalue weighted by molar-refractivity contribution is 5.97. The second kappa shape index (κ2) is 6.59. The van der Waals surface area contributed by atoms with E-state index in [1.54, 1.807) is 24.5 Å². The smallest absolute Gasteiger partial charge is 0.258 e. The number of hydrogen-bond acceptors (Lipinski definition) is 6. The van der Waals surface area contributed by atoms with E-state index in [2.05, 4.69) is 20.3 Å². The molecule has 0 unspecified atom stereocenters. The summed E-state index contributed by atoms with van der Waals surface area (Å²) in [7, 11) is 0. The van der Waals surface area contributed by atoms with E-state index >= 15 is 0 Å². The Bertz CT molecular complexity index is 927. The Labute approximate surface area is 149 Å². The molecule has 2 aliphatic rings. The van der Waals surface area contributed by atoms with Gasteiger partial charge in [0, 0.05) is 31.4 Å². The number of amides is 1. The molecule has 1 fully saturated rings. The van der Waals surface area contributed by atoms with Crippen LogP contribution in [0.1, 0.15) is 36.3 Å². The first-order valence-corrected chi connectivity index (χ1v) is 8.68. The van der Waals surface area contributed by atoms with Gasteiger partial charge in [-0.1, -0.05) is 6.07 Å². The van der Waals surface area contributed by atoms with Crippen LogP contribution in [0.25, 0.3) is 0 Å². The van der Waals surface area contributed by atoms with Gasteiger partial charge in [-0.25, -0.2) is 0 Å². The number of nitriles is 1. The van der Waals surface area contributed by atoms with Gasteiger partial charge in [-0.15, -0.1) is 0 Å². The Morgan fingerprint density at radius 3 is 2.73 bits per heavy atom. The lowest BCUT2D eigenvalue weighted by Gasteiger charge is -2.31. The predicted molar refractivity (Wildman–Crippen MR) is 94.7 cm³/mol. The highest BCUT2D eigenvalue weighted by Gasteiger charge is 2.40. The molecule has 4 rings (SSSR count). The van der Waals surface area contributed by atoms with Gasteiger partial charge in [0.2, 0.25) is 11.9 Å². The maximum absolute atomic E-state index is 12.9. The van der Waals surface area contributed by atoms with Gasteiger partial charge < -0.3 is 10.2 Å². The number of nitrogens with zero attached hydrogens (tertiary/aromatic N) is 4. The summed E-state index contributed by atoms with van der Waals surface area (Å²) in [5.41, 5.74) is 0.628. The Morgan fingerprint density at radius 2 is 2.04 bits per heavy atom. The van der Waals surface area contributed by atoms with Gasteiger partial charge in [0.05, 0.1) is 11.6 Å². The summed E-state index contributed by atoms with van der Waals surface area (Å²) in [6.45, 7) is 1.64. The molecule has 0 saturated carbocycles. The number of aromatic amines is 1. The summed E-state index contributed by atoms with van der Waals surface area (Å²) < 4.78 is 0. The van der Waals surface area contributed by atoms with Gasteiger partial charge in [-0.3, -0.25) is 19.6 Å². The van der Waals surface area contributed by atoms with E-state index in [0.29, 0.717) is 17.1 Å². The Morgan fingerprint density at radius 1 is 1.23 bits per heavy atom. The van der Waals surface area contributed by atoms with Crippen LogP contribution in [-0.4, -0.2) is 33.9 Å².